The Morgan fingerprint density at radius 3 is 2.33 bits per heavy atom. The monoisotopic (exact) mass is 183 g/mol. The Morgan fingerprint density at radius 1 is 1.42 bits per heavy atom. The van der Waals surface area contributed by atoms with E-state index in [9.17, 15) is 13.2 Å². The Kier molecular flexibility index (Phi) is 2.95. The summed E-state index contributed by atoms with van der Waals surface area (Å²) in [5.41, 5.74) is 4.92. The lowest BCUT2D eigenvalue weighted by Crippen LogP contribution is -2.38. The van der Waals surface area contributed by atoms with E-state index in [1.54, 1.807) is 0 Å². The van der Waals surface area contributed by atoms with Gasteiger partial charge in [-0.1, -0.05) is 0 Å². The fourth-order valence-corrected chi connectivity index (χ4v) is 0.833. The van der Waals surface area contributed by atoms with E-state index < -0.39 is 18.8 Å². The molecule has 12 heavy (non-hydrogen) atoms. The van der Waals surface area contributed by atoms with Crippen LogP contribution in [0.4, 0.5) is 13.2 Å². The number of halogens is 3. The van der Waals surface area contributed by atoms with Crippen molar-refractivity contribution < 1.29 is 17.9 Å². The standard InChI is InChI=1S/C7H12F3NO/c8-7(9,10)6(3-11)12-4-5-1-2-5/h5-6H,1-4,11H2. The van der Waals surface area contributed by atoms with Crippen molar-refractivity contribution in [2.45, 2.75) is 25.1 Å². The van der Waals surface area contributed by atoms with Crippen molar-refractivity contribution in [3.05, 3.63) is 0 Å². The zero-order valence-corrected chi connectivity index (χ0v) is 6.60. The van der Waals surface area contributed by atoms with Gasteiger partial charge in [-0.3, -0.25) is 0 Å². The molecule has 1 saturated carbocycles. The van der Waals surface area contributed by atoms with Gasteiger partial charge >= 0.3 is 6.18 Å². The van der Waals surface area contributed by atoms with Gasteiger partial charge in [-0.05, 0) is 18.8 Å². The quantitative estimate of drug-likeness (QED) is 0.713. The number of rotatable bonds is 4. The smallest absolute Gasteiger partial charge is 0.367 e. The molecule has 2 N–H and O–H groups in total. The number of alkyl halides is 3. The van der Waals surface area contributed by atoms with E-state index in [4.69, 9.17) is 5.73 Å². The summed E-state index contributed by atoms with van der Waals surface area (Å²) >= 11 is 0. The molecule has 0 amide bonds. The molecule has 1 atom stereocenters. The zero-order valence-electron chi connectivity index (χ0n) is 6.60. The first kappa shape index (κ1) is 9.80. The summed E-state index contributed by atoms with van der Waals surface area (Å²) in [5, 5.41) is 0. The van der Waals surface area contributed by atoms with E-state index >= 15 is 0 Å². The molecule has 0 aromatic heterocycles. The van der Waals surface area contributed by atoms with Crippen molar-refractivity contribution in [1.29, 1.82) is 0 Å². The third-order valence-corrected chi connectivity index (χ3v) is 1.81. The molecule has 72 valence electrons. The molecule has 1 aliphatic rings. The van der Waals surface area contributed by atoms with Crippen molar-refractivity contribution >= 4 is 0 Å². The van der Waals surface area contributed by atoms with Gasteiger partial charge in [0.25, 0.3) is 0 Å². The summed E-state index contributed by atoms with van der Waals surface area (Å²) in [6.45, 7) is -0.294. The van der Waals surface area contributed by atoms with Crippen molar-refractivity contribution in [1.82, 2.24) is 0 Å². The topological polar surface area (TPSA) is 35.2 Å². The Hall–Kier alpha value is -0.290. The molecule has 0 spiro atoms. The molecule has 0 bridgehead atoms. The molecule has 1 aliphatic carbocycles. The van der Waals surface area contributed by atoms with Gasteiger partial charge in [0.1, 0.15) is 0 Å². The largest absolute Gasteiger partial charge is 0.415 e. The number of hydrogen-bond donors (Lipinski definition) is 1. The SMILES string of the molecule is NCC(OCC1CC1)C(F)(F)F. The molecule has 5 heteroatoms. The van der Waals surface area contributed by atoms with Crippen molar-refractivity contribution in [2.24, 2.45) is 11.7 Å². The lowest BCUT2D eigenvalue weighted by molar-refractivity contribution is -0.217. The van der Waals surface area contributed by atoms with Gasteiger partial charge in [0.05, 0.1) is 6.61 Å². The van der Waals surface area contributed by atoms with E-state index in [0.717, 1.165) is 12.8 Å². The number of nitrogens with two attached hydrogens (primary N) is 1. The molecule has 0 radical (unpaired) electrons. The average Bonchev–Trinajstić information content (AvgIpc) is 2.69. The van der Waals surface area contributed by atoms with Crippen LogP contribution in [-0.4, -0.2) is 25.4 Å². The van der Waals surface area contributed by atoms with E-state index in [1.165, 1.54) is 0 Å². The van der Waals surface area contributed by atoms with E-state index in [2.05, 4.69) is 4.74 Å². The second-order valence-corrected chi connectivity index (χ2v) is 3.04. The predicted octanol–water partition coefficient (Wildman–Crippen LogP) is 1.30. The molecular weight excluding hydrogens is 171 g/mol. The highest BCUT2D eigenvalue weighted by Gasteiger charge is 2.40. The van der Waals surface area contributed by atoms with Gasteiger partial charge in [-0.2, -0.15) is 13.2 Å². The number of hydrogen-bond acceptors (Lipinski definition) is 2. The Morgan fingerprint density at radius 2 is 2.00 bits per heavy atom. The van der Waals surface area contributed by atoms with Crippen LogP contribution in [0.5, 0.6) is 0 Å². The van der Waals surface area contributed by atoms with E-state index in [1.807, 2.05) is 0 Å². The van der Waals surface area contributed by atoms with Gasteiger partial charge in [-0.15, -0.1) is 0 Å². The summed E-state index contributed by atoms with van der Waals surface area (Å²) in [6, 6.07) is 0. The molecular formula is C7H12F3NO. The van der Waals surface area contributed by atoms with Crippen LogP contribution >= 0.6 is 0 Å². The van der Waals surface area contributed by atoms with Gasteiger partial charge in [0.2, 0.25) is 0 Å². The van der Waals surface area contributed by atoms with Gasteiger partial charge in [-0.25, -0.2) is 0 Å². The summed E-state index contributed by atoms with van der Waals surface area (Å²) in [6.07, 6.45) is -4.13. The Labute approximate surface area is 68.9 Å². The van der Waals surface area contributed by atoms with Crippen molar-refractivity contribution in [3.63, 3.8) is 0 Å². The van der Waals surface area contributed by atoms with Gasteiger partial charge in [0.15, 0.2) is 6.10 Å². The lowest BCUT2D eigenvalue weighted by Gasteiger charge is -2.18. The van der Waals surface area contributed by atoms with Gasteiger partial charge < -0.3 is 10.5 Å². The fourth-order valence-electron chi connectivity index (χ4n) is 0.833. The minimum absolute atomic E-state index is 0.196. The third-order valence-electron chi connectivity index (χ3n) is 1.81. The maximum atomic E-state index is 12.0. The van der Waals surface area contributed by atoms with Crippen LogP contribution in [0.25, 0.3) is 0 Å². The second kappa shape index (κ2) is 3.62. The van der Waals surface area contributed by atoms with Crippen LogP contribution in [-0.2, 0) is 4.74 Å². The highest BCUT2D eigenvalue weighted by atomic mass is 19.4. The first-order chi connectivity index (χ1) is 5.54. The lowest BCUT2D eigenvalue weighted by atomic mass is 10.3. The average molecular weight is 183 g/mol. The molecule has 1 rings (SSSR count). The molecule has 1 fully saturated rings. The van der Waals surface area contributed by atoms with Crippen LogP contribution in [0.1, 0.15) is 12.8 Å². The van der Waals surface area contributed by atoms with Gasteiger partial charge in [0, 0.05) is 6.54 Å². The minimum atomic E-state index is -4.32. The molecule has 0 aliphatic heterocycles. The molecule has 1 unspecified atom stereocenters. The summed E-state index contributed by atoms with van der Waals surface area (Å²) < 4.78 is 40.6. The molecule has 0 aromatic rings. The summed E-state index contributed by atoms with van der Waals surface area (Å²) in [4.78, 5) is 0. The van der Waals surface area contributed by atoms with Crippen molar-refractivity contribution in [3.8, 4) is 0 Å². The first-order valence-corrected chi connectivity index (χ1v) is 3.92. The van der Waals surface area contributed by atoms with Crippen molar-refractivity contribution in [2.75, 3.05) is 13.2 Å². The maximum Gasteiger partial charge on any atom is 0.415 e. The molecule has 0 aromatic carbocycles. The van der Waals surface area contributed by atoms with E-state index in [0.29, 0.717) is 5.92 Å². The zero-order chi connectivity index (χ0) is 9.19. The van der Waals surface area contributed by atoms with E-state index in [-0.39, 0.29) is 6.61 Å². The number of ether oxygens (including phenoxy) is 1. The van der Waals surface area contributed by atoms with Crippen LogP contribution in [0.3, 0.4) is 0 Å². The highest BCUT2D eigenvalue weighted by molar-refractivity contribution is 4.75. The first-order valence-electron chi connectivity index (χ1n) is 3.92. The van der Waals surface area contributed by atoms with Crippen LogP contribution < -0.4 is 5.73 Å². The summed E-state index contributed by atoms with van der Waals surface area (Å²) in [5.74, 6) is 0.335. The minimum Gasteiger partial charge on any atom is -0.367 e. The molecule has 0 saturated heterocycles. The second-order valence-electron chi connectivity index (χ2n) is 3.04. The Balaban J connectivity index is 2.23. The fraction of sp³-hybridized carbons (Fsp3) is 1.00. The van der Waals surface area contributed by atoms with Crippen LogP contribution in [0.15, 0.2) is 0 Å². The summed E-state index contributed by atoms with van der Waals surface area (Å²) in [7, 11) is 0. The maximum absolute atomic E-state index is 12.0. The molecule has 0 heterocycles. The highest BCUT2D eigenvalue weighted by Crippen LogP contribution is 2.31. The molecule has 2 nitrogen and oxygen atoms in total. The van der Waals surface area contributed by atoms with Crippen LogP contribution in [0.2, 0.25) is 0 Å². The predicted molar refractivity (Wildman–Crippen MR) is 37.6 cm³/mol. The third kappa shape index (κ3) is 2.98. The Bertz CT molecular complexity index is 144. The normalized spacial score (nSPS) is 21.0. The van der Waals surface area contributed by atoms with Crippen LogP contribution in [0, 0.1) is 5.92 Å².